The number of primary sulfonamides is 1. The fourth-order valence-corrected chi connectivity index (χ4v) is 3.62. The van der Waals surface area contributed by atoms with Gasteiger partial charge in [0.25, 0.3) is 0 Å². The number of carboxylic acid groups (broad SMARTS) is 1. The second-order valence-electron chi connectivity index (χ2n) is 6.71. The minimum atomic E-state index is -3.68. The molecule has 1 amide bonds. The molecule has 0 spiro atoms. The molecule has 0 aliphatic carbocycles. The van der Waals surface area contributed by atoms with Crippen LogP contribution in [0.1, 0.15) is 52.6 Å². The summed E-state index contributed by atoms with van der Waals surface area (Å²) in [7, 11) is -3.68. The first-order chi connectivity index (χ1) is 12.4. The van der Waals surface area contributed by atoms with Gasteiger partial charge in [0.2, 0.25) is 15.9 Å². The predicted octanol–water partition coefficient (Wildman–Crippen LogP) is 2.28. The summed E-state index contributed by atoms with van der Waals surface area (Å²) in [6.07, 6.45) is 0.207. The summed E-state index contributed by atoms with van der Waals surface area (Å²) in [4.78, 5) is 25.0. The van der Waals surface area contributed by atoms with E-state index in [1.165, 1.54) is 12.1 Å². The third-order valence-electron chi connectivity index (χ3n) is 4.30. The first kappa shape index (κ1) is 20.7. The van der Waals surface area contributed by atoms with Crippen LogP contribution < -0.4 is 10.5 Å². The van der Waals surface area contributed by atoms with Crippen molar-refractivity contribution in [2.24, 2.45) is 5.14 Å². The Hall–Kier alpha value is -2.65. The summed E-state index contributed by atoms with van der Waals surface area (Å²) in [5.74, 6) is -0.642. The second-order valence-corrected chi connectivity index (χ2v) is 8.27. The molecule has 0 saturated heterocycles. The van der Waals surface area contributed by atoms with E-state index in [2.05, 4.69) is 10.3 Å². The van der Waals surface area contributed by atoms with E-state index >= 15 is 0 Å². The Bertz CT molecular complexity index is 1010. The Morgan fingerprint density at radius 2 is 1.89 bits per heavy atom. The molecule has 2 aromatic rings. The van der Waals surface area contributed by atoms with E-state index in [1.807, 2.05) is 20.8 Å². The summed E-state index contributed by atoms with van der Waals surface area (Å²) in [5, 5.41) is 16.5. The van der Waals surface area contributed by atoms with Gasteiger partial charge in [0.15, 0.2) is 0 Å². The molecule has 5 N–H and O–H groups in total. The molecule has 1 aliphatic rings. The highest BCUT2D eigenvalue weighted by Crippen LogP contribution is 2.25. The van der Waals surface area contributed by atoms with Gasteiger partial charge in [-0.05, 0) is 49.1 Å². The highest BCUT2D eigenvalue weighted by Gasteiger charge is 2.20. The second kappa shape index (κ2) is 7.53. The lowest BCUT2D eigenvalue weighted by molar-refractivity contribution is -0.115. The van der Waals surface area contributed by atoms with E-state index < -0.39 is 16.0 Å². The fraction of sp³-hybridized carbons (Fsp3) is 0.333. The number of nitrogens with one attached hydrogen (secondary N) is 2. The maximum Gasteiger partial charge on any atom is 0.337 e. The average Bonchev–Trinajstić information content (AvgIpc) is 3.04. The van der Waals surface area contributed by atoms with Crippen LogP contribution in [-0.2, 0) is 21.2 Å². The number of carboxylic acids is 1. The average molecular weight is 393 g/mol. The van der Waals surface area contributed by atoms with Gasteiger partial charge in [-0.25, -0.2) is 18.4 Å². The molecule has 0 fully saturated rings. The van der Waals surface area contributed by atoms with Gasteiger partial charge in [0.05, 0.1) is 16.9 Å². The molecule has 8 nitrogen and oxygen atoms in total. The number of aryl methyl sites for hydroxylation is 1. The zero-order chi connectivity index (χ0) is 20.5. The smallest absolute Gasteiger partial charge is 0.337 e. The van der Waals surface area contributed by atoms with Crippen LogP contribution in [-0.4, -0.2) is 30.4 Å². The van der Waals surface area contributed by atoms with E-state index in [0.29, 0.717) is 22.7 Å². The molecular formula is C18H23N3O5S. The van der Waals surface area contributed by atoms with Crippen LogP contribution in [0.3, 0.4) is 0 Å². The zero-order valence-electron chi connectivity index (χ0n) is 15.6. The molecule has 0 atom stereocenters. The number of fused-ring (bicyclic) bond motifs is 1. The van der Waals surface area contributed by atoms with E-state index in [-0.39, 0.29) is 17.2 Å². The first-order valence-electron chi connectivity index (χ1n) is 8.29. The van der Waals surface area contributed by atoms with Crippen molar-refractivity contribution in [1.29, 1.82) is 0 Å². The van der Waals surface area contributed by atoms with Crippen molar-refractivity contribution < 1.29 is 23.1 Å². The van der Waals surface area contributed by atoms with Crippen molar-refractivity contribution in [3.05, 3.63) is 46.3 Å². The van der Waals surface area contributed by atoms with E-state index in [4.69, 9.17) is 10.2 Å². The maximum atomic E-state index is 11.0. The molecule has 0 radical (unpaired) electrons. The van der Waals surface area contributed by atoms with Crippen LogP contribution in [0, 0.1) is 13.8 Å². The van der Waals surface area contributed by atoms with Crippen LogP contribution in [0.4, 0.5) is 5.69 Å². The van der Waals surface area contributed by atoms with Crippen LogP contribution >= 0.6 is 0 Å². The number of hydrogen-bond donors (Lipinski definition) is 4. The third kappa shape index (κ3) is 4.55. The highest BCUT2D eigenvalue weighted by atomic mass is 32.2. The minimum Gasteiger partial charge on any atom is -0.478 e. The Morgan fingerprint density at radius 3 is 2.33 bits per heavy atom. The van der Waals surface area contributed by atoms with Gasteiger partial charge in [-0.1, -0.05) is 13.8 Å². The third-order valence-corrected chi connectivity index (χ3v) is 5.21. The van der Waals surface area contributed by atoms with Gasteiger partial charge in [0, 0.05) is 17.1 Å². The van der Waals surface area contributed by atoms with Gasteiger partial charge >= 0.3 is 5.97 Å². The molecule has 2 heterocycles. The summed E-state index contributed by atoms with van der Waals surface area (Å²) in [6.45, 7) is 7.73. The number of anilines is 1. The lowest BCUT2D eigenvalue weighted by atomic mass is 10.0. The monoisotopic (exact) mass is 393 g/mol. The Labute approximate surface area is 157 Å². The van der Waals surface area contributed by atoms with Gasteiger partial charge < -0.3 is 15.4 Å². The number of sulfonamides is 1. The number of benzene rings is 1. The quantitative estimate of drug-likeness (QED) is 0.633. The molecule has 1 aromatic carbocycles. The Kier molecular flexibility index (Phi) is 5.76. The van der Waals surface area contributed by atoms with E-state index in [0.717, 1.165) is 17.0 Å². The molecule has 0 saturated carbocycles. The van der Waals surface area contributed by atoms with Gasteiger partial charge in [-0.3, -0.25) is 4.79 Å². The molecule has 3 rings (SSSR count). The van der Waals surface area contributed by atoms with Crippen molar-refractivity contribution in [2.45, 2.75) is 44.9 Å². The van der Waals surface area contributed by atoms with E-state index in [1.54, 1.807) is 13.0 Å². The normalized spacial score (nSPS) is 13.0. The number of carbonyl (C=O) groups is 2. The van der Waals surface area contributed by atoms with Crippen LogP contribution in [0.25, 0.3) is 0 Å². The molecule has 9 heteroatoms. The fourth-order valence-electron chi connectivity index (χ4n) is 3.05. The topological polar surface area (TPSA) is 142 Å². The van der Waals surface area contributed by atoms with Gasteiger partial charge in [-0.15, -0.1) is 0 Å². The van der Waals surface area contributed by atoms with Crippen LogP contribution in [0.2, 0.25) is 0 Å². The summed E-state index contributed by atoms with van der Waals surface area (Å²) < 4.78 is 22.0. The first-order valence-corrected chi connectivity index (χ1v) is 9.84. The predicted molar refractivity (Wildman–Crippen MR) is 101 cm³/mol. The Balaban J connectivity index is 0.000000194. The lowest BCUT2D eigenvalue weighted by Crippen LogP contribution is -2.12. The van der Waals surface area contributed by atoms with Crippen molar-refractivity contribution in [2.75, 3.05) is 5.32 Å². The van der Waals surface area contributed by atoms with Crippen LogP contribution in [0.5, 0.6) is 0 Å². The van der Waals surface area contributed by atoms with Crippen molar-refractivity contribution >= 4 is 27.6 Å². The lowest BCUT2D eigenvalue weighted by Gasteiger charge is -2.02. The van der Waals surface area contributed by atoms with Crippen molar-refractivity contribution in [1.82, 2.24) is 4.98 Å². The number of rotatable bonds is 3. The van der Waals surface area contributed by atoms with Gasteiger partial charge in [0.1, 0.15) is 0 Å². The van der Waals surface area contributed by atoms with Crippen molar-refractivity contribution in [3.63, 3.8) is 0 Å². The molecular weight excluding hydrogens is 370 g/mol. The molecule has 0 bridgehead atoms. The zero-order valence-corrected chi connectivity index (χ0v) is 16.4. The largest absolute Gasteiger partial charge is 0.478 e. The standard InChI is InChI=1S/C10H15NO2.C8H8N2O3S/c1-5(2)9-6(3)8(10(12)13)7(4)11-9;9-14(12,13)6-1-2-7-5(3-6)4-8(11)10-7/h5,11H,1-4H3,(H,12,13);1-3H,4H2,(H,10,11)(H2,9,12,13). The number of amides is 1. The summed E-state index contributed by atoms with van der Waals surface area (Å²) >= 11 is 0. The summed E-state index contributed by atoms with van der Waals surface area (Å²) in [5.41, 5.74) is 4.37. The minimum absolute atomic E-state index is 0.0350. The number of hydrogen-bond acceptors (Lipinski definition) is 4. The summed E-state index contributed by atoms with van der Waals surface area (Å²) in [6, 6.07) is 4.34. The number of carbonyl (C=O) groups excluding carboxylic acids is 1. The number of aromatic carboxylic acids is 1. The Morgan fingerprint density at radius 1 is 1.26 bits per heavy atom. The van der Waals surface area contributed by atoms with E-state index in [9.17, 15) is 18.0 Å². The van der Waals surface area contributed by atoms with Crippen LogP contribution in [0.15, 0.2) is 23.1 Å². The molecule has 146 valence electrons. The highest BCUT2D eigenvalue weighted by molar-refractivity contribution is 7.89. The number of aromatic amines is 1. The number of aromatic nitrogens is 1. The molecule has 1 aliphatic heterocycles. The maximum absolute atomic E-state index is 11.0. The number of nitrogens with two attached hydrogens (primary N) is 1. The molecule has 0 unspecified atom stereocenters. The SMILES string of the molecule is Cc1[nH]c(C(C)C)c(C)c1C(=O)O.NS(=O)(=O)c1ccc2c(c1)CC(=O)N2. The molecule has 27 heavy (non-hydrogen) atoms. The molecule has 1 aromatic heterocycles. The van der Waals surface area contributed by atoms with Crippen molar-refractivity contribution in [3.8, 4) is 0 Å². The number of H-pyrrole nitrogens is 1. The van der Waals surface area contributed by atoms with Gasteiger partial charge in [-0.2, -0.15) is 0 Å².